The molecule has 0 saturated carbocycles. The summed E-state index contributed by atoms with van der Waals surface area (Å²) in [6, 6.07) is 5.60. The normalized spacial score (nSPS) is 11.8. The maximum absolute atomic E-state index is 12.9. The molecule has 0 atom stereocenters. The van der Waals surface area contributed by atoms with Crippen LogP contribution in [0.2, 0.25) is 5.02 Å². The lowest BCUT2D eigenvalue weighted by molar-refractivity contribution is -0.137. The number of ketones is 1. The van der Waals surface area contributed by atoms with E-state index in [0.29, 0.717) is 5.56 Å². The fourth-order valence-corrected chi connectivity index (χ4v) is 2.81. The Kier molecular flexibility index (Phi) is 5.61. The van der Waals surface area contributed by atoms with Crippen LogP contribution in [-0.2, 0) is 17.5 Å². The van der Waals surface area contributed by atoms with Crippen LogP contribution in [0, 0.1) is 5.92 Å². The number of benzene rings is 1. The van der Waals surface area contributed by atoms with Crippen molar-refractivity contribution in [2.45, 2.75) is 26.6 Å². The van der Waals surface area contributed by atoms with Crippen LogP contribution in [0.3, 0.4) is 0 Å². The van der Waals surface area contributed by atoms with Gasteiger partial charge in [0.25, 0.3) is 0 Å². The fourth-order valence-electron chi connectivity index (χ4n) is 2.60. The van der Waals surface area contributed by atoms with E-state index in [-0.39, 0.29) is 34.8 Å². The number of aromatic nitrogens is 4. The Morgan fingerprint density at radius 2 is 1.83 bits per heavy atom. The van der Waals surface area contributed by atoms with E-state index in [1.165, 1.54) is 30.6 Å². The number of hydrogen-bond donors (Lipinski definition) is 0. The van der Waals surface area contributed by atoms with Crippen LogP contribution in [0.5, 0.6) is 0 Å². The Hall–Kier alpha value is -2.94. The number of hydrogen-bond acceptors (Lipinski definition) is 4. The fraction of sp³-hybridized carbons (Fsp3) is 0.263. The zero-order chi connectivity index (χ0) is 21.3. The molecule has 6 nitrogen and oxygen atoms in total. The van der Waals surface area contributed by atoms with Gasteiger partial charge in [0.15, 0.2) is 11.6 Å². The van der Waals surface area contributed by atoms with Gasteiger partial charge in [-0.15, -0.1) is 5.10 Å². The molecule has 152 valence electrons. The minimum absolute atomic E-state index is 0.0960. The summed E-state index contributed by atoms with van der Waals surface area (Å²) in [6.07, 6.45) is -1.70. The molecule has 10 heteroatoms. The SMILES string of the molecule is CC(C)C(=O)Cn1nc(-c2ccncc2Cl)n(-c2ccc(C(F)(F)F)cc2)c1=O. The van der Waals surface area contributed by atoms with E-state index in [1.54, 1.807) is 13.8 Å². The minimum Gasteiger partial charge on any atom is -0.297 e. The molecule has 0 fully saturated rings. The quantitative estimate of drug-likeness (QED) is 0.621. The Morgan fingerprint density at radius 1 is 1.17 bits per heavy atom. The molecule has 0 amide bonds. The molecule has 2 heterocycles. The van der Waals surface area contributed by atoms with Crippen molar-refractivity contribution >= 4 is 17.4 Å². The van der Waals surface area contributed by atoms with Crippen LogP contribution in [0.1, 0.15) is 19.4 Å². The highest BCUT2D eigenvalue weighted by Crippen LogP contribution is 2.31. The summed E-state index contributed by atoms with van der Waals surface area (Å²) in [4.78, 5) is 28.9. The average Bonchev–Trinajstić information content (AvgIpc) is 2.97. The number of pyridine rings is 1. The molecular weight excluding hydrogens is 409 g/mol. The van der Waals surface area contributed by atoms with Crippen molar-refractivity contribution in [2.75, 3.05) is 0 Å². The van der Waals surface area contributed by atoms with E-state index < -0.39 is 17.4 Å². The average molecular weight is 425 g/mol. The van der Waals surface area contributed by atoms with E-state index in [0.717, 1.165) is 21.4 Å². The van der Waals surface area contributed by atoms with Gasteiger partial charge in [-0.05, 0) is 30.3 Å². The van der Waals surface area contributed by atoms with Gasteiger partial charge < -0.3 is 0 Å². The Balaban J connectivity index is 2.19. The molecule has 0 aliphatic carbocycles. The highest BCUT2D eigenvalue weighted by Gasteiger charge is 2.30. The standard InChI is InChI=1S/C19H16ClF3N4O2/c1-11(2)16(28)10-26-18(29)27(13-5-3-12(4-6-13)19(21,22)23)17(25-26)14-7-8-24-9-15(14)20/h3-9,11H,10H2,1-2H3. The van der Waals surface area contributed by atoms with E-state index >= 15 is 0 Å². The first-order valence-electron chi connectivity index (χ1n) is 8.59. The lowest BCUT2D eigenvalue weighted by Crippen LogP contribution is -2.28. The Morgan fingerprint density at radius 3 is 2.38 bits per heavy atom. The predicted octanol–water partition coefficient (Wildman–Crippen LogP) is 3.99. The van der Waals surface area contributed by atoms with E-state index in [1.807, 2.05) is 0 Å². The Labute approximate surface area is 168 Å². The lowest BCUT2D eigenvalue weighted by Gasteiger charge is -2.09. The van der Waals surface area contributed by atoms with Gasteiger partial charge in [-0.3, -0.25) is 9.78 Å². The molecule has 0 radical (unpaired) electrons. The van der Waals surface area contributed by atoms with Crippen molar-refractivity contribution in [3.8, 4) is 17.1 Å². The number of nitrogens with zero attached hydrogens (tertiary/aromatic N) is 4. The van der Waals surface area contributed by atoms with E-state index in [4.69, 9.17) is 11.6 Å². The van der Waals surface area contributed by atoms with Crippen LogP contribution >= 0.6 is 11.6 Å². The van der Waals surface area contributed by atoms with Crippen molar-refractivity contribution < 1.29 is 18.0 Å². The number of rotatable bonds is 5. The third-order valence-electron chi connectivity index (χ3n) is 4.26. The summed E-state index contributed by atoms with van der Waals surface area (Å²) in [5.74, 6) is -0.429. The molecule has 2 aromatic heterocycles. The first kappa shape index (κ1) is 20.8. The predicted molar refractivity (Wildman–Crippen MR) is 101 cm³/mol. The summed E-state index contributed by atoms with van der Waals surface area (Å²) in [6.45, 7) is 3.13. The van der Waals surface area contributed by atoms with E-state index in [2.05, 4.69) is 10.1 Å². The first-order valence-corrected chi connectivity index (χ1v) is 8.97. The summed E-state index contributed by atoms with van der Waals surface area (Å²) in [5.41, 5.74) is -0.995. The molecule has 0 saturated heterocycles. The monoisotopic (exact) mass is 424 g/mol. The van der Waals surface area contributed by atoms with Gasteiger partial charge in [0.2, 0.25) is 0 Å². The third-order valence-corrected chi connectivity index (χ3v) is 4.56. The van der Waals surface area contributed by atoms with Crippen molar-refractivity contribution in [1.29, 1.82) is 0 Å². The molecule has 3 aromatic rings. The van der Waals surface area contributed by atoms with Crippen LogP contribution < -0.4 is 5.69 Å². The Bertz CT molecular complexity index is 1100. The van der Waals surface area contributed by atoms with Gasteiger partial charge in [0, 0.05) is 23.9 Å². The van der Waals surface area contributed by atoms with Gasteiger partial charge in [-0.2, -0.15) is 13.2 Å². The van der Waals surface area contributed by atoms with Crippen LogP contribution in [0.15, 0.2) is 47.5 Å². The summed E-state index contributed by atoms with van der Waals surface area (Å²) in [7, 11) is 0. The zero-order valence-corrected chi connectivity index (χ0v) is 16.2. The van der Waals surface area contributed by atoms with Crippen molar-refractivity contribution in [1.82, 2.24) is 19.3 Å². The third kappa shape index (κ3) is 4.24. The summed E-state index contributed by atoms with van der Waals surface area (Å²) >= 11 is 6.18. The second-order valence-corrected chi connectivity index (χ2v) is 7.03. The van der Waals surface area contributed by atoms with Crippen LogP contribution in [-0.4, -0.2) is 25.1 Å². The number of Topliss-reactive ketones (excluding diaryl/α,β-unsaturated/α-hetero) is 1. The molecule has 0 unspecified atom stereocenters. The van der Waals surface area contributed by atoms with Crippen molar-refractivity contribution in [3.05, 3.63) is 63.8 Å². The molecule has 0 spiro atoms. The highest BCUT2D eigenvalue weighted by atomic mass is 35.5. The van der Waals surface area contributed by atoms with Gasteiger partial charge in [-0.1, -0.05) is 25.4 Å². The topological polar surface area (TPSA) is 69.8 Å². The molecule has 0 aliphatic heterocycles. The second-order valence-electron chi connectivity index (χ2n) is 6.62. The largest absolute Gasteiger partial charge is 0.416 e. The number of alkyl halides is 3. The molecule has 0 bridgehead atoms. The molecule has 29 heavy (non-hydrogen) atoms. The number of halogens is 4. The first-order chi connectivity index (χ1) is 13.6. The molecule has 0 aliphatic rings. The zero-order valence-electron chi connectivity index (χ0n) is 15.4. The lowest BCUT2D eigenvalue weighted by atomic mass is 10.1. The molecule has 1 aromatic carbocycles. The van der Waals surface area contributed by atoms with E-state index in [9.17, 15) is 22.8 Å². The summed E-state index contributed by atoms with van der Waals surface area (Å²) in [5, 5.41) is 4.42. The van der Waals surface area contributed by atoms with Gasteiger partial charge in [-0.25, -0.2) is 14.0 Å². The molecular formula is C19H16ClF3N4O2. The smallest absolute Gasteiger partial charge is 0.297 e. The van der Waals surface area contributed by atoms with Crippen LogP contribution in [0.25, 0.3) is 17.1 Å². The van der Waals surface area contributed by atoms with Crippen molar-refractivity contribution in [3.63, 3.8) is 0 Å². The van der Waals surface area contributed by atoms with Gasteiger partial charge in [0.05, 0.1) is 16.3 Å². The summed E-state index contributed by atoms with van der Waals surface area (Å²) < 4.78 is 40.7. The molecule has 0 N–H and O–H groups in total. The maximum Gasteiger partial charge on any atom is 0.416 e. The highest BCUT2D eigenvalue weighted by molar-refractivity contribution is 6.33. The number of carbonyl (C=O) groups excluding carboxylic acids is 1. The second kappa shape index (κ2) is 7.82. The van der Waals surface area contributed by atoms with Gasteiger partial charge >= 0.3 is 11.9 Å². The van der Waals surface area contributed by atoms with Crippen LogP contribution in [0.4, 0.5) is 13.2 Å². The van der Waals surface area contributed by atoms with Crippen molar-refractivity contribution in [2.24, 2.45) is 5.92 Å². The molecule has 3 rings (SSSR count). The van der Waals surface area contributed by atoms with Gasteiger partial charge in [0.1, 0.15) is 6.54 Å². The maximum atomic E-state index is 12.9. The minimum atomic E-state index is -4.51. The number of carbonyl (C=O) groups is 1.